The Morgan fingerprint density at radius 1 is 1.00 bits per heavy atom. The van der Waals surface area contributed by atoms with Crippen LogP contribution in [-0.4, -0.2) is 19.1 Å². The van der Waals surface area contributed by atoms with Crippen LogP contribution < -0.4 is 10.1 Å². The molecule has 1 N–H and O–H groups in total. The number of benzene rings is 2. The van der Waals surface area contributed by atoms with Gasteiger partial charge in [-0.15, -0.1) is 0 Å². The van der Waals surface area contributed by atoms with Gasteiger partial charge in [-0.1, -0.05) is 18.2 Å². The number of hydrogen-bond donors (Lipinski definition) is 1. The molecular weight excluding hydrogens is 248 g/mol. The third kappa shape index (κ3) is 2.18. The summed E-state index contributed by atoms with van der Waals surface area (Å²) < 4.78 is 5.19. The number of fused-ring (bicyclic) bond motifs is 1. The Hall–Kier alpha value is -2.55. The maximum absolute atomic E-state index is 5.19. The third-order valence-corrected chi connectivity index (χ3v) is 3.37. The number of methoxy groups -OCH3 is 1. The third-order valence-electron chi connectivity index (χ3n) is 3.37. The van der Waals surface area contributed by atoms with E-state index in [0.717, 1.165) is 33.6 Å². The standard InChI is InChI=1S/C17H16N2O/c1-18-17-11-16(12-7-9-13(20-2)10-8-12)19-15-6-4-3-5-14(15)17/h3-11H,1-2H3,(H,18,19). The van der Waals surface area contributed by atoms with Crippen molar-refractivity contribution < 1.29 is 4.74 Å². The highest BCUT2D eigenvalue weighted by molar-refractivity contribution is 5.93. The van der Waals surface area contributed by atoms with Crippen molar-refractivity contribution in [3.8, 4) is 17.0 Å². The molecule has 0 saturated carbocycles. The first-order valence-corrected chi connectivity index (χ1v) is 6.54. The second-order valence-corrected chi connectivity index (χ2v) is 4.55. The topological polar surface area (TPSA) is 34.1 Å². The lowest BCUT2D eigenvalue weighted by Gasteiger charge is -2.09. The van der Waals surface area contributed by atoms with E-state index in [0.29, 0.717) is 0 Å². The Morgan fingerprint density at radius 2 is 1.75 bits per heavy atom. The number of anilines is 1. The van der Waals surface area contributed by atoms with Crippen LogP contribution in [-0.2, 0) is 0 Å². The van der Waals surface area contributed by atoms with Gasteiger partial charge in [-0.05, 0) is 36.4 Å². The van der Waals surface area contributed by atoms with Gasteiger partial charge in [0.1, 0.15) is 5.75 Å². The molecular formula is C17H16N2O. The first-order valence-electron chi connectivity index (χ1n) is 6.54. The minimum Gasteiger partial charge on any atom is -0.497 e. The van der Waals surface area contributed by atoms with Crippen molar-refractivity contribution in [1.82, 2.24) is 4.98 Å². The smallest absolute Gasteiger partial charge is 0.118 e. The number of para-hydroxylation sites is 1. The number of pyridine rings is 1. The maximum atomic E-state index is 5.19. The highest BCUT2D eigenvalue weighted by Crippen LogP contribution is 2.28. The van der Waals surface area contributed by atoms with Crippen molar-refractivity contribution in [2.24, 2.45) is 0 Å². The van der Waals surface area contributed by atoms with Gasteiger partial charge < -0.3 is 10.1 Å². The van der Waals surface area contributed by atoms with Crippen molar-refractivity contribution in [2.75, 3.05) is 19.5 Å². The van der Waals surface area contributed by atoms with Gasteiger partial charge in [0.15, 0.2) is 0 Å². The molecule has 20 heavy (non-hydrogen) atoms. The molecule has 0 unspecified atom stereocenters. The van der Waals surface area contributed by atoms with Crippen LogP contribution >= 0.6 is 0 Å². The highest BCUT2D eigenvalue weighted by atomic mass is 16.5. The van der Waals surface area contributed by atoms with Crippen molar-refractivity contribution in [2.45, 2.75) is 0 Å². The average molecular weight is 264 g/mol. The normalized spacial score (nSPS) is 10.5. The Kier molecular flexibility index (Phi) is 3.25. The first-order chi connectivity index (χ1) is 9.81. The quantitative estimate of drug-likeness (QED) is 0.777. The molecule has 0 aliphatic rings. The molecule has 3 heteroatoms. The fourth-order valence-electron chi connectivity index (χ4n) is 2.29. The molecule has 3 rings (SSSR count). The molecule has 3 aromatic rings. The molecule has 0 bridgehead atoms. The lowest BCUT2D eigenvalue weighted by molar-refractivity contribution is 0.415. The summed E-state index contributed by atoms with van der Waals surface area (Å²) >= 11 is 0. The average Bonchev–Trinajstić information content (AvgIpc) is 2.54. The van der Waals surface area contributed by atoms with Gasteiger partial charge in [0.25, 0.3) is 0 Å². The summed E-state index contributed by atoms with van der Waals surface area (Å²) in [5.41, 5.74) is 4.11. The molecule has 0 amide bonds. The zero-order chi connectivity index (χ0) is 13.9. The van der Waals surface area contributed by atoms with Crippen molar-refractivity contribution in [3.05, 3.63) is 54.6 Å². The number of hydrogen-bond acceptors (Lipinski definition) is 3. The molecule has 0 saturated heterocycles. The molecule has 0 fully saturated rings. The number of aromatic nitrogens is 1. The van der Waals surface area contributed by atoms with E-state index < -0.39 is 0 Å². The van der Waals surface area contributed by atoms with E-state index in [2.05, 4.69) is 17.4 Å². The predicted molar refractivity (Wildman–Crippen MR) is 83.3 cm³/mol. The van der Waals surface area contributed by atoms with E-state index in [-0.39, 0.29) is 0 Å². The summed E-state index contributed by atoms with van der Waals surface area (Å²) in [4.78, 5) is 4.73. The van der Waals surface area contributed by atoms with Crippen LogP contribution in [0.3, 0.4) is 0 Å². The van der Waals surface area contributed by atoms with Gasteiger partial charge in [-0.25, -0.2) is 4.98 Å². The lowest BCUT2D eigenvalue weighted by Crippen LogP contribution is -1.94. The summed E-state index contributed by atoms with van der Waals surface area (Å²) in [6, 6.07) is 18.2. The molecule has 0 radical (unpaired) electrons. The Morgan fingerprint density at radius 3 is 2.45 bits per heavy atom. The van der Waals surface area contributed by atoms with Crippen molar-refractivity contribution in [1.29, 1.82) is 0 Å². The molecule has 0 aliphatic carbocycles. The van der Waals surface area contributed by atoms with Crippen molar-refractivity contribution in [3.63, 3.8) is 0 Å². The Bertz CT molecular complexity index is 736. The minimum absolute atomic E-state index is 0.850. The number of rotatable bonds is 3. The molecule has 0 atom stereocenters. The second-order valence-electron chi connectivity index (χ2n) is 4.55. The fraction of sp³-hybridized carbons (Fsp3) is 0.118. The van der Waals surface area contributed by atoms with E-state index in [4.69, 9.17) is 9.72 Å². The van der Waals surface area contributed by atoms with Crippen LogP contribution in [0.25, 0.3) is 22.2 Å². The molecule has 3 nitrogen and oxygen atoms in total. The van der Waals surface area contributed by atoms with E-state index in [1.165, 1.54) is 0 Å². The van der Waals surface area contributed by atoms with E-state index in [1.807, 2.05) is 49.5 Å². The van der Waals surface area contributed by atoms with Gasteiger partial charge in [-0.3, -0.25) is 0 Å². The summed E-state index contributed by atoms with van der Waals surface area (Å²) in [7, 11) is 3.60. The Labute approximate surface area is 118 Å². The van der Waals surface area contributed by atoms with E-state index >= 15 is 0 Å². The van der Waals surface area contributed by atoms with Crippen LogP contribution in [0, 0.1) is 0 Å². The molecule has 0 aliphatic heterocycles. The zero-order valence-electron chi connectivity index (χ0n) is 11.6. The van der Waals surface area contributed by atoms with Crippen LogP contribution in [0.4, 0.5) is 5.69 Å². The van der Waals surface area contributed by atoms with Crippen molar-refractivity contribution >= 4 is 16.6 Å². The number of nitrogens with one attached hydrogen (secondary N) is 1. The van der Waals surface area contributed by atoms with Gasteiger partial charge in [0.05, 0.1) is 18.3 Å². The summed E-state index contributed by atoms with van der Waals surface area (Å²) in [5, 5.41) is 4.37. The number of nitrogens with zero attached hydrogens (tertiary/aromatic N) is 1. The summed E-state index contributed by atoms with van der Waals surface area (Å²) in [6.07, 6.45) is 0. The van der Waals surface area contributed by atoms with Crippen LogP contribution in [0.1, 0.15) is 0 Å². The summed E-state index contributed by atoms with van der Waals surface area (Å²) in [5.74, 6) is 0.850. The van der Waals surface area contributed by atoms with Gasteiger partial charge in [0.2, 0.25) is 0 Å². The van der Waals surface area contributed by atoms with E-state index in [1.54, 1.807) is 7.11 Å². The fourth-order valence-corrected chi connectivity index (χ4v) is 2.29. The second kappa shape index (κ2) is 5.21. The van der Waals surface area contributed by atoms with Gasteiger partial charge in [-0.2, -0.15) is 0 Å². The monoisotopic (exact) mass is 264 g/mol. The minimum atomic E-state index is 0.850. The van der Waals surface area contributed by atoms with Crippen LogP contribution in [0.5, 0.6) is 5.75 Å². The van der Waals surface area contributed by atoms with Gasteiger partial charge in [0, 0.05) is 23.7 Å². The lowest BCUT2D eigenvalue weighted by atomic mass is 10.1. The molecule has 100 valence electrons. The van der Waals surface area contributed by atoms with E-state index in [9.17, 15) is 0 Å². The molecule has 2 aromatic carbocycles. The van der Waals surface area contributed by atoms with Gasteiger partial charge >= 0.3 is 0 Å². The molecule has 1 heterocycles. The SMILES string of the molecule is CNc1cc(-c2ccc(OC)cc2)nc2ccccc12. The first kappa shape index (κ1) is 12.5. The highest BCUT2D eigenvalue weighted by Gasteiger charge is 2.06. The summed E-state index contributed by atoms with van der Waals surface area (Å²) in [6.45, 7) is 0. The number of ether oxygens (including phenoxy) is 1. The molecule has 1 aromatic heterocycles. The molecule has 0 spiro atoms. The Balaban J connectivity index is 2.15. The largest absolute Gasteiger partial charge is 0.497 e. The zero-order valence-corrected chi connectivity index (χ0v) is 11.6. The van der Waals surface area contributed by atoms with Crippen LogP contribution in [0.2, 0.25) is 0 Å². The maximum Gasteiger partial charge on any atom is 0.118 e. The predicted octanol–water partition coefficient (Wildman–Crippen LogP) is 3.95. The van der Waals surface area contributed by atoms with Crippen LogP contribution in [0.15, 0.2) is 54.6 Å².